The van der Waals surface area contributed by atoms with Crippen LogP contribution < -0.4 is 0 Å². The van der Waals surface area contributed by atoms with E-state index in [1.165, 1.54) is 0 Å². The predicted molar refractivity (Wildman–Crippen MR) is 67.5 cm³/mol. The van der Waals surface area contributed by atoms with Gasteiger partial charge in [-0.3, -0.25) is 4.21 Å². The zero-order valence-corrected chi connectivity index (χ0v) is 8.58. The van der Waals surface area contributed by atoms with Gasteiger partial charge in [0.25, 0.3) is 0 Å². The van der Waals surface area contributed by atoms with Crippen LogP contribution in [0.25, 0.3) is 0 Å². The first-order valence-electron chi connectivity index (χ1n) is 9.65. The molecule has 0 bridgehead atoms. The molecule has 0 heterocycles. The second-order valence-corrected chi connectivity index (χ2v) is 3.91. The summed E-state index contributed by atoms with van der Waals surface area (Å²) in [5, 5.41) is -0.963. The molecule has 0 aromatic rings. The molecule has 0 aromatic carbocycles. The molecule has 0 aliphatic heterocycles. The van der Waals surface area contributed by atoms with Gasteiger partial charge in [0.05, 0.1) is 11.0 Å². The molecule has 1 nitrogen and oxygen atoms in total. The van der Waals surface area contributed by atoms with E-state index in [-0.39, 0.29) is 21.6 Å². The quantitative estimate of drug-likeness (QED) is 0.485. The molecule has 74 valence electrons. The zero-order valence-electron chi connectivity index (χ0n) is 20.1. The molecule has 1 unspecified atom stereocenters. The van der Waals surface area contributed by atoms with Crippen molar-refractivity contribution in [3.05, 3.63) is 36.6 Å². The van der Waals surface area contributed by atoms with Gasteiger partial charge in [0, 0.05) is 36.1 Å². The molecule has 1 atom stereocenters. The van der Waals surface area contributed by atoms with Crippen molar-refractivity contribution in [2.24, 2.45) is 0 Å². The van der Waals surface area contributed by atoms with Crippen LogP contribution in [0.2, 0.25) is 0 Å². The van der Waals surface area contributed by atoms with E-state index in [9.17, 15) is 4.21 Å². The van der Waals surface area contributed by atoms with E-state index >= 15 is 0 Å². The maximum absolute atomic E-state index is 12.2. The largest absolute Gasteiger partial charge is 0.259 e. The second kappa shape index (κ2) is 10.2. The third-order valence-corrected chi connectivity index (χ3v) is 2.29. The Bertz CT molecular complexity index is 688. The average molecular weight is 248 g/mol. The molecule has 0 aliphatic rings. The Morgan fingerprint density at radius 2 is 2.38 bits per heavy atom. The van der Waals surface area contributed by atoms with Gasteiger partial charge in [-0.15, -0.1) is 13.1 Å². The van der Waals surface area contributed by atoms with Crippen molar-refractivity contribution in [1.29, 1.82) is 0 Å². The number of hydrogen-bond donors (Lipinski definition) is 0. The molecular formula is C9H14OS3. The maximum Gasteiger partial charge on any atom is 0.0703 e. The molecule has 0 spiro atoms. The Kier molecular flexibility index (Phi) is 2.19. The van der Waals surface area contributed by atoms with Crippen molar-refractivity contribution >= 4 is 32.4 Å². The van der Waals surface area contributed by atoms with Crippen LogP contribution in [0.4, 0.5) is 0 Å². The molecule has 0 saturated heterocycles. The molecule has 4 heteroatoms. The molecule has 0 fully saturated rings. The van der Waals surface area contributed by atoms with Gasteiger partial charge in [-0.05, 0) is 5.38 Å². The molecule has 0 radical (unpaired) electrons. The first-order valence-corrected chi connectivity index (χ1v) is 5.95. The van der Waals surface area contributed by atoms with Crippen LogP contribution in [0.5, 0.6) is 0 Å². The van der Waals surface area contributed by atoms with E-state index in [2.05, 4.69) is 0 Å². The number of hydrogen-bond acceptors (Lipinski definition) is 3. The van der Waals surface area contributed by atoms with Crippen molar-refractivity contribution in [3.8, 4) is 0 Å². The Hall–Kier alpha value is 0.0700. The van der Waals surface area contributed by atoms with Crippen molar-refractivity contribution in [1.82, 2.24) is 0 Å². The molecule has 0 rings (SSSR count). The lowest BCUT2D eigenvalue weighted by atomic mass is 10.8. The lowest BCUT2D eigenvalue weighted by Crippen LogP contribution is -1.96. The minimum Gasteiger partial charge on any atom is -0.259 e. The van der Waals surface area contributed by atoms with Gasteiger partial charge in [0.1, 0.15) is 0 Å². The zero-order chi connectivity index (χ0) is 22.0. The van der Waals surface area contributed by atoms with Gasteiger partial charge < -0.3 is 0 Å². The van der Waals surface area contributed by atoms with Crippen LogP contribution in [0.1, 0.15) is 19.2 Å². The van der Waals surface area contributed by atoms with Crippen LogP contribution in [-0.4, -0.2) is 21.3 Å². The summed E-state index contributed by atoms with van der Waals surface area (Å²) in [6.07, 6.45) is 0. The highest BCUT2D eigenvalue weighted by atomic mass is 33.1. The summed E-state index contributed by atoms with van der Waals surface area (Å²) < 4.78 is 115. The van der Waals surface area contributed by atoms with Crippen LogP contribution in [0.3, 0.4) is 0 Å². The van der Waals surface area contributed by atoms with Gasteiger partial charge in [0.2, 0.25) is 0 Å². The van der Waals surface area contributed by atoms with E-state index in [1.807, 2.05) is 0 Å². The minimum atomic E-state index is -3.31. The van der Waals surface area contributed by atoms with Gasteiger partial charge in [0.15, 0.2) is 0 Å². The molecule has 0 aromatic heterocycles. The van der Waals surface area contributed by atoms with Gasteiger partial charge in [-0.25, -0.2) is 0 Å². The van der Waals surface area contributed by atoms with Crippen LogP contribution in [-0.2, 0) is 10.8 Å². The van der Waals surface area contributed by atoms with Crippen molar-refractivity contribution in [2.75, 3.05) is 17.1 Å². The van der Waals surface area contributed by atoms with Crippen LogP contribution in [0, 0.1) is 0 Å². The first-order chi connectivity index (χ1) is 11.9. The molecule has 0 aliphatic carbocycles. The normalized spacial score (nSPS) is 32.6. The summed E-state index contributed by atoms with van der Waals surface area (Å²) in [6.45, 7) is -2.45. The number of rotatable bonds is 8. The van der Waals surface area contributed by atoms with E-state index in [0.29, 0.717) is 0 Å². The third-order valence-electron chi connectivity index (χ3n) is 0.515. The highest BCUT2D eigenvalue weighted by Gasteiger charge is 1.90. The standard InChI is InChI=1S/C9H14OS3/c1-3-6-11-12-7-5-9-13(10)8-4-2/h3-5,7H,1-2,6,8-9H2/b7-5+/i1D2,2D2,3D,4D,5D,6D2,7D,8D2,9D2. The fourth-order valence-corrected chi connectivity index (χ4v) is 1.29. The molecule has 0 N–H and O–H groups in total. The lowest BCUT2D eigenvalue weighted by molar-refractivity contribution is 0.687. The summed E-state index contributed by atoms with van der Waals surface area (Å²) in [5.74, 6) is 0. The first kappa shape index (κ1) is 2.80. The Morgan fingerprint density at radius 1 is 1.54 bits per heavy atom. The van der Waals surface area contributed by atoms with Crippen LogP contribution >= 0.6 is 21.6 Å². The summed E-state index contributed by atoms with van der Waals surface area (Å²) >= 11 is 0. The lowest BCUT2D eigenvalue weighted by Gasteiger charge is -1.91. The summed E-state index contributed by atoms with van der Waals surface area (Å²) in [6, 6.07) is -3.69. The highest BCUT2D eigenvalue weighted by Crippen LogP contribution is 2.21. The van der Waals surface area contributed by atoms with Crippen molar-refractivity contribution < 1.29 is 23.4 Å². The van der Waals surface area contributed by atoms with Gasteiger partial charge in [-0.2, -0.15) is 0 Å². The predicted octanol–water partition coefficient (Wildman–Crippen LogP) is 3.00. The minimum absolute atomic E-state index is 0.132. The molecule has 0 saturated carbocycles. The second-order valence-electron chi connectivity index (χ2n) is 1.22. The monoisotopic (exact) mass is 248 g/mol. The summed E-state index contributed by atoms with van der Waals surface area (Å²) in [4.78, 5) is 0. The van der Waals surface area contributed by atoms with E-state index in [1.54, 1.807) is 0 Å². The maximum atomic E-state index is 12.2. The summed E-state index contributed by atoms with van der Waals surface area (Å²) in [5.41, 5.74) is -9.21. The molecular weight excluding hydrogens is 220 g/mol. The van der Waals surface area contributed by atoms with Crippen LogP contribution in [0.15, 0.2) is 36.6 Å². The topological polar surface area (TPSA) is 17.1 Å². The molecule has 0 amide bonds. The van der Waals surface area contributed by atoms with Gasteiger partial charge >= 0.3 is 0 Å². The van der Waals surface area contributed by atoms with Crippen molar-refractivity contribution in [3.63, 3.8) is 0 Å². The van der Waals surface area contributed by atoms with E-state index < -0.39 is 64.5 Å². The smallest absolute Gasteiger partial charge is 0.0703 e. The Morgan fingerprint density at radius 3 is 3.15 bits per heavy atom. The Balaban J connectivity index is 5.73. The average Bonchev–Trinajstić information content (AvgIpc) is 2.56. The van der Waals surface area contributed by atoms with E-state index in [4.69, 9.17) is 19.2 Å². The van der Waals surface area contributed by atoms with Crippen molar-refractivity contribution in [2.45, 2.75) is 0 Å². The fourth-order valence-electron chi connectivity index (χ4n) is 0.222. The highest BCUT2D eigenvalue weighted by molar-refractivity contribution is 8.77. The van der Waals surface area contributed by atoms with E-state index in [0.717, 1.165) is 0 Å². The summed E-state index contributed by atoms with van der Waals surface area (Å²) in [7, 11) is -3.00. The fraction of sp³-hybridized carbons (Fsp3) is 0.333. The Labute approximate surface area is 110 Å². The van der Waals surface area contributed by atoms with Gasteiger partial charge in [-0.1, -0.05) is 39.7 Å². The molecule has 13 heavy (non-hydrogen) atoms. The third kappa shape index (κ3) is 9.99. The SMILES string of the molecule is [2H]C([2H])=C([2H])C([2H])([2H])SS/C([2H])=C(\[2H])C([2H])([2H])S(=O)C([2H])([2H])C([2H])=C([2H])[2H].